The van der Waals surface area contributed by atoms with Crippen molar-refractivity contribution in [3.63, 3.8) is 0 Å². The summed E-state index contributed by atoms with van der Waals surface area (Å²) in [6, 6.07) is 1.48. The first-order chi connectivity index (χ1) is 8.80. The average Bonchev–Trinajstić information content (AvgIpc) is 2.32. The molecule has 4 nitrogen and oxygen atoms in total. The lowest BCUT2D eigenvalue weighted by Gasteiger charge is -2.34. The summed E-state index contributed by atoms with van der Waals surface area (Å²) < 4.78 is 27.2. The minimum atomic E-state index is -3.57. The number of rotatable bonds is 3. The van der Waals surface area contributed by atoms with Crippen molar-refractivity contribution >= 4 is 21.6 Å². The van der Waals surface area contributed by atoms with E-state index in [9.17, 15) is 8.42 Å². The van der Waals surface area contributed by atoms with Gasteiger partial charge in [-0.25, -0.2) is 13.1 Å². The van der Waals surface area contributed by atoms with Gasteiger partial charge < -0.3 is 0 Å². The summed E-state index contributed by atoms with van der Waals surface area (Å²) in [6.45, 7) is 4.44. The Bertz CT molecular complexity index is 548. The van der Waals surface area contributed by atoms with E-state index in [1.165, 1.54) is 18.5 Å². The van der Waals surface area contributed by atoms with Gasteiger partial charge in [0.15, 0.2) is 0 Å². The Morgan fingerprint density at radius 1 is 1.37 bits per heavy atom. The standard InChI is InChI=1S/C13H19ClN2O2S/c1-13(2)6-3-10(4-7-13)16-19(17,18)12-9-15-8-5-11(12)14/h5,8-10,16H,3-4,6-7H2,1-2H3. The molecule has 1 aromatic heterocycles. The third kappa shape index (κ3) is 3.68. The molecule has 0 atom stereocenters. The molecule has 2 rings (SSSR count). The Morgan fingerprint density at radius 3 is 2.58 bits per heavy atom. The van der Waals surface area contributed by atoms with Gasteiger partial charge in [-0.05, 0) is 37.2 Å². The zero-order valence-electron chi connectivity index (χ0n) is 11.2. The number of aromatic nitrogens is 1. The van der Waals surface area contributed by atoms with E-state index in [1.807, 2.05) is 0 Å². The fraction of sp³-hybridized carbons (Fsp3) is 0.615. The number of nitrogens with one attached hydrogen (secondary N) is 1. The highest BCUT2D eigenvalue weighted by Crippen LogP contribution is 2.35. The minimum absolute atomic E-state index is 0.00528. The molecule has 1 aliphatic rings. The maximum Gasteiger partial charge on any atom is 0.243 e. The topological polar surface area (TPSA) is 59.1 Å². The van der Waals surface area contributed by atoms with Crippen LogP contribution in [0.15, 0.2) is 23.4 Å². The summed E-state index contributed by atoms with van der Waals surface area (Å²) >= 11 is 5.91. The van der Waals surface area contributed by atoms with Gasteiger partial charge in [-0.15, -0.1) is 0 Å². The second-order valence-corrected chi connectivity index (χ2v) is 7.96. The molecule has 1 N–H and O–H groups in total. The zero-order chi connectivity index (χ0) is 14.1. The van der Waals surface area contributed by atoms with Gasteiger partial charge in [-0.3, -0.25) is 4.98 Å². The first kappa shape index (κ1) is 14.8. The summed E-state index contributed by atoms with van der Waals surface area (Å²) in [5.74, 6) is 0. The van der Waals surface area contributed by atoms with Crippen LogP contribution in [-0.2, 0) is 10.0 Å². The Kier molecular flexibility index (Phi) is 4.18. The van der Waals surface area contributed by atoms with Gasteiger partial charge in [0.1, 0.15) is 4.90 Å². The van der Waals surface area contributed by atoms with Crippen molar-refractivity contribution < 1.29 is 8.42 Å². The first-order valence-corrected chi connectivity index (χ1v) is 8.28. The van der Waals surface area contributed by atoms with Crippen LogP contribution in [0.2, 0.25) is 5.02 Å². The van der Waals surface area contributed by atoms with Crippen molar-refractivity contribution in [3.8, 4) is 0 Å². The first-order valence-electron chi connectivity index (χ1n) is 6.42. The van der Waals surface area contributed by atoms with E-state index in [2.05, 4.69) is 23.6 Å². The van der Waals surface area contributed by atoms with Gasteiger partial charge in [-0.1, -0.05) is 25.4 Å². The number of halogens is 1. The predicted octanol–water partition coefficient (Wildman–Crippen LogP) is 2.98. The summed E-state index contributed by atoms with van der Waals surface area (Å²) in [4.78, 5) is 3.88. The molecule has 0 amide bonds. The van der Waals surface area contributed by atoms with Crippen molar-refractivity contribution in [1.29, 1.82) is 0 Å². The molecule has 0 saturated heterocycles. The summed E-state index contributed by atoms with van der Waals surface area (Å²) in [5, 5.41) is 0.207. The molecule has 0 radical (unpaired) electrons. The van der Waals surface area contributed by atoms with Gasteiger partial charge in [-0.2, -0.15) is 0 Å². The Balaban J connectivity index is 2.09. The molecule has 0 unspecified atom stereocenters. The molecular formula is C13H19ClN2O2S. The number of hydrogen-bond acceptors (Lipinski definition) is 3. The van der Waals surface area contributed by atoms with Crippen molar-refractivity contribution in [2.24, 2.45) is 5.41 Å². The van der Waals surface area contributed by atoms with Crippen molar-refractivity contribution in [1.82, 2.24) is 9.71 Å². The summed E-state index contributed by atoms with van der Waals surface area (Å²) in [6.07, 6.45) is 6.55. The van der Waals surface area contributed by atoms with E-state index in [1.54, 1.807) is 0 Å². The van der Waals surface area contributed by atoms with Gasteiger partial charge in [0.25, 0.3) is 0 Å². The fourth-order valence-electron chi connectivity index (χ4n) is 2.36. The molecule has 0 aromatic carbocycles. The van der Waals surface area contributed by atoms with E-state index in [-0.39, 0.29) is 16.0 Å². The summed E-state index contributed by atoms with van der Waals surface area (Å²) in [5.41, 5.74) is 0.313. The molecule has 1 aromatic rings. The van der Waals surface area contributed by atoms with Crippen molar-refractivity contribution in [3.05, 3.63) is 23.5 Å². The van der Waals surface area contributed by atoms with Crippen LogP contribution in [0.1, 0.15) is 39.5 Å². The molecule has 1 heterocycles. The molecule has 0 bridgehead atoms. The van der Waals surface area contributed by atoms with E-state index < -0.39 is 10.0 Å². The van der Waals surface area contributed by atoms with Crippen LogP contribution in [0.3, 0.4) is 0 Å². The third-order valence-electron chi connectivity index (χ3n) is 3.68. The quantitative estimate of drug-likeness (QED) is 0.934. The van der Waals surface area contributed by atoms with Crippen LogP contribution in [-0.4, -0.2) is 19.4 Å². The molecule has 0 aliphatic heterocycles. The Hall–Kier alpha value is -0.650. The SMILES string of the molecule is CC1(C)CCC(NS(=O)(=O)c2cnccc2Cl)CC1. The van der Waals surface area contributed by atoms with Crippen LogP contribution < -0.4 is 4.72 Å². The molecule has 0 spiro atoms. The van der Waals surface area contributed by atoms with E-state index >= 15 is 0 Å². The normalized spacial score (nSPS) is 20.4. The molecule has 106 valence electrons. The third-order valence-corrected chi connectivity index (χ3v) is 5.67. The Morgan fingerprint density at radius 2 is 2.00 bits per heavy atom. The van der Waals surface area contributed by atoms with Crippen LogP contribution >= 0.6 is 11.6 Å². The number of hydrogen-bond donors (Lipinski definition) is 1. The largest absolute Gasteiger partial charge is 0.263 e. The number of nitrogens with zero attached hydrogens (tertiary/aromatic N) is 1. The van der Waals surface area contributed by atoms with E-state index in [0.29, 0.717) is 5.41 Å². The maximum atomic E-state index is 12.2. The zero-order valence-corrected chi connectivity index (χ0v) is 12.8. The predicted molar refractivity (Wildman–Crippen MR) is 75.6 cm³/mol. The van der Waals surface area contributed by atoms with Crippen molar-refractivity contribution in [2.75, 3.05) is 0 Å². The molecular weight excluding hydrogens is 284 g/mol. The lowest BCUT2D eigenvalue weighted by molar-refractivity contribution is 0.218. The van der Waals surface area contributed by atoms with Gasteiger partial charge >= 0.3 is 0 Å². The molecule has 19 heavy (non-hydrogen) atoms. The fourth-order valence-corrected chi connectivity index (χ4v) is 4.10. The number of pyridine rings is 1. The smallest absolute Gasteiger partial charge is 0.243 e. The average molecular weight is 303 g/mol. The van der Waals surface area contributed by atoms with E-state index in [0.717, 1.165) is 25.7 Å². The molecule has 6 heteroatoms. The Labute approximate surface area is 119 Å². The van der Waals surface area contributed by atoms with Crippen molar-refractivity contribution in [2.45, 2.75) is 50.5 Å². The number of sulfonamides is 1. The van der Waals surface area contributed by atoms with Crippen LogP contribution in [0, 0.1) is 5.41 Å². The van der Waals surface area contributed by atoms with E-state index in [4.69, 9.17) is 11.6 Å². The van der Waals surface area contributed by atoms with Crippen LogP contribution in [0.5, 0.6) is 0 Å². The second kappa shape index (κ2) is 5.38. The van der Waals surface area contributed by atoms with Gasteiger partial charge in [0.05, 0.1) is 5.02 Å². The minimum Gasteiger partial charge on any atom is -0.263 e. The maximum absolute atomic E-state index is 12.2. The lowest BCUT2D eigenvalue weighted by atomic mass is 9.76. The molecule has 1 saturated carbocycles. The lowest BCUT2D eigenvalue weighted by Crippen LogP contribution is -2.39. The highest BCUT2D eigenvalue weighted by atomic mass is 35.5. The van der Waals surface area contributed by atoms with Crippen LogP contribution in [0.25, 0.3) is 0 Å². The monoisotopic (exact) mass is 302 g/mol. The highest BCUT2D eigenvalue weighted by molar-refractivity contribution is 7.89. The molecule has 1 fully saturated rings. The molecule has 1 aliphatic carbocycles. The second-order valence-electron chi connectivity index (χ2n) is 5.87. The van der Waals surface area contributed by atoms with Crippen LogP contribution in [0.4, 0.5) is 0 Å². The highest BCUT2D eigenvalue weighted by Gasteiger charge is 2.30. The van der Waals surface area contributed by atoms with Gasteiger partial charge in [0, 0.05) is 18.4 Å². The summed E-state index contributed by atoms with van der Waals surface area (Å²) in [7, 11) is -3.57. The van der Waals surface area contributed by atoms with Gasteiger partial charge in [0.2, 0.25) is 10.0 Å².